The van der Waals surface area contributed by atoms with Crippen LogP contribution in [0.2, 0.25) is 0 Å². The van der Waals surface area contributed by atoms with Crippen LogP contribution >= 0.6 is 0 Å². The lowest BCUT2D eigenvalue weighted by molar-refractivity contribution is -0.137. The van der Waals surface area contributed by atoms with Crippen LogP contribution in [0, 0.1) is 11.6 Å². The van der Waals surface area contributed by atoms with E-state index in [0.29, 0.717) is 35.0 Å². The topological polar surface area (TPSA) is 68.8 Å². The summed E-state index contributed by atoms with van der Waals surface area (Å²) in [6, 6.07) is 9.53. The average Bonchev–Trinajstić information content (AvgIpc) is 3.05. The molecule has 0 amide bonds. The number of rotatable bonds is 4. The maximum Gasteiger partial charge on any atom is 0.416 e. The van der Waals surface area contributed by atoms with Gasteiger partial charge in [-0.25, -0.2) is 18.7 Å². The maximum atomic E-state index is 13.9. The summed E-state index contributed by atoms with van der Waals surface area (Å²) in [5.41, 5.74) is 6.48. The largest absolute Gasteiger partial charge is 0.416 e. The molecule has 0 radical (unpaired) electrons. The number of nitrogens with two attached hydrogens (primary N) is 1. The quantitative estimate of drug-likeness (QED) is 0.411. The fraction of sp³-hybridized carbons (Fsp3) is 0.143. The zero-order valence-electron chi connectivity index (χ0n) is 16.1. The van der Waals surface area contributed by atoms with Gasteiger partial charge in [-0.05, 0) is 24.3 Å². The highest BCUT2D eigenvalue weighted by molar-refractivity contribution is 5.79. The van der Waals surface area contributed by atoms with Crippen molar-refractivity contribution in [1.29, 1.82) is 0 Å². The van der Waals surface area contributed by atoms with Crippen LogP contribution in [0.15, 0.2) is 48.5 Å². The monoisotopic (exact) mass is 433 g/mol. The van der Waals surface area contributed by atoms with Crippen LogP contribution in [0.3, 0.4) is 0 Å². The van der Waals surface area contributed by atoms with E-state index < -0.39 is 23.4 Å². The van der Waals surface area contributed by atoms with Gasteiger partial charge in [0, 0.05) is 42.1 Å². The van der Waals surface area contributed by atoms with Crippen molar-refractivity contribution in [2.24, 2.45) is 0 Å². The summed E-state index contributed by atoms with van der Waals surface area (Å²) in [4.78, 5) is 8.78. The Bertz CT molecular complexity index is 1260. The Hall–Kier alpha value is -3.69. The Kier molecular flexibility index (Phi) is 5.00. The van der Waals surface area contributed by atoms with E-state index in [9.17, 15) is 22.0 Å². The minimum Gasteiger partial charge on any atom is -0.399 e. The summed E-state index contributed by atoms with van der Waals surface area (Å²) in [6.45, 7) is 1.83. The number of anilines is 3. The fourth-order valence-corrected chi connectivity index (χ4v) is 3.22. The van der Waals surface area contributed by atoms with Gasteiger partial charge in [0.2, 0.25) is 0 Å². The number of benzene rings is 2. The summed E-state index contributed by atoms with van der Waals surface area (Å²) in [6.07, 6.45) is -3.98. The van der Waals surface area contributed by atoms with Crippen molar-refractivity contribution in [3.05, 3.63) is 71.6 Å². The SMILES string of the molecule is CCc1nc2cc(F)c(F)cc2n1-c1cc(N)cc(Nc2ccc(C(F)(F)F)cc2)n1. The molecule has 5 nitrogen and oxygen atoms in total. The van der Waals surface area contributed by atoms with Crippen molar-refractivity contribution in [2.45, 2.75) is 19.5 Å². The zero-order chi connectivity index (χ0) is 22.3. The Balaban J connectivity index is 1.76. The van der Waals surface area contributed by atoms with Gasteiger partial charge in [-0.3, -0.25) is 4.57 Å². The van der Waals surface area contributed by atoms with Crippen molar-refractivity contribution in [2.75, 3.05) is 11.1 Å². The third-order valence-corrected chi connectivity index (χ3v) is 4.63. The molecule has 160 valence electrons. The molecule has 0 aliphatic rings. The molecule has 31 heavy (non-hydrogen) atoms. The van der Waals surface area contributed by atoms with Crippen LogP contribution in [0.1, 0.15) is 18.3 Å². The van der Waals surface area contributed by atoms with Crippen LogP contribution in [0.4, 0.5) is 39.1 Å². The van der Waals surface area contributed by atoms with Gasteiger partial charge in [-0.1, -0.05) is 6.92 Å². The molecule has 2 aromatic heterocycles. The smallest absolute Gasteiger partial charge is 0.399 e. The number of nitrogens with zero attached hydrogens (tertiary/aromatic N) is 3. The van der Waals surface area contributed by atoms with Crippen molar-refractivity contribution in [3.63, 3.8) is 0 Å². The molecule has 2 heterocycles. The molecule has 0 unspecified atom stereocenters. The molecule has 0 aliphatic heterocycles. The van der Waals surface area contributed by atoms with Gasteiger partial charge in [0.15, 0.2) is 11.6 Å². The minimum absolute atomic E-state index is 0.261. The molecule has 3 N–H and O–H groups in total. The molecule has 0 bridgehead atoms. The summed E-state index contributed by atoms with van der Waals surface area (Å²) in [5.74, 6) is -0.951. The Morgan fingerprint density at radius 3 is 2.29 bits per heavy atom. The molecule has 0 fully saturated rings. The van der Waals surface area contributed by atoms with Crippen molar-refractivity contribution < 1.29 is 22.0 Å². The van der Waals surface area contributed by atoms with Gasteiger partial charge in [0.05, 0.1) is 16.6 Å². The number of imidazole rings is 1. The summed E-state index contributed by atoms with van der Waals surface area (Å²) in [7, 11) is 0. The normalized spacial score (nSPS) is 11.8. The van der Waals surface area contributed by atoms with Gasteiger partial charge >= 0.3 is 6.18 Å². The second kappa shape index (κ2) is 7.53. The minimum atomic E-state index is -4.44. The third-order valence-electron chi connectivity index (χ3n) is 4.63. The number of halogens is 5. The van der Waals surface area contributed by atoms with E-state index in [2.05, 4.69) is 15.3 Å². The predicted molar refractivity (Wildman–Crippen MR) is 107 cm³/mol. The van der Waals surface area contributed by atoms with Crippen LogP contribution in [-0.2, 0) is 12.6 Å². The summed E-state index contributed by atoms with van der Waals surface area (Å²) < 4.78 is 67.3. The molecule has 0 saturated heterocycles. The Morgan fingerprint density at radius 1 is 0.968 bits per heavy atom. The molecule has 0 saturated carbocycles. The Labute approximate surface area is 173 Å². The number of hydrogen-bond donors (Lipinski definition) is 2. The summed E-state index contributed by atoms with van der Waals surface area (Å²) in [5, 5.41) is 2.91. The first-order valence-electron chi connectivity index (χ1n) is 9.24. The van der Waals surface area contributed by atoms with E-state index in [-0.39, 0.29) is 11.3 Å². The van der Waals surface area contributed by atoms with E-state index in [1.165, 1.54) is 18.2 Å². The molecule has 10 heteroatoms. The van der Waals surface area contributed by atoms with Crippen LogP contribution in [0.5, 0.6) is 0 Å². The third kappa shape index (κ3) is 4.00. The molecule has 0 aliphatic carbocycles. The molecule has 0 spiro atoms. The van der Waals surface area contributed by atoms with Gasteiger partial charge < -0.3 is 11.1 Å². The predicted octanol–water partition coefficient (Wildman–Crippen LogP) is 5.61. The number of nitrogens with one attached hydrogen (secondary N) is 1. The van der Waals surface area contributed by atoms with Gasteiger partial charge in [-0.2, -0.15) is 13.2 Å². The number of hydrogen-bond acceptors (Lipinski definition) is 4. The van der Waals surface area contributed by atoms with Gasteiger partial charge in [0.1, 0.15) is 17.5 Å². The highest BCUT2D eigenvalue weighted by Crippen LogP contribution is 2.31. The summed E-state index contributed by atoms with van der Waals surface area (Å²) >= 11 is 0. The lowest BCUT2D eigenvalue weighted by Gasteiger charge is -2.13. The first-order valence-corrected chi connectivity index (χ1v) is 9.24. The van der Waals surface area contributed by atoms with E-state index in [0.717, 1.165) is 24.3 Å². The standard InChI is InChI=1S/C21H16F5N5/c1-2-19-29-16-9-14(22)15(23)10-17(16)31(19)20-8-12(27)7-18(30-20)28-13-5-3-11(4-6-13)21(24,25)26/h3-10H,2H2,1H3,(H3,27,28,30). The van der Waals surface area contributed by atoms with Crippen LogP contribution in [-0.4, -0.2) is 14.5 Å². The number of aryl methyl sites for hydroxylation is 1. The van der Waals surface area contributed by atoms with E-state index in [1.807, 2.05) is 6.92 Å². The second-order valence-corrected chi connectivity index (χ2v) is 6.82. The van der Waals surface area contributed by atoms with Gasteiger partial charge in [-0.15, -0.1) is 0 Å². The lowest BCUT2D eigenvalue weighted by atomic mass is 10.2. The first kappa shape index (κ1) is 20.6. The number of alkyl halides is 3. The van der Waals surface area contributed by atoms with Crippen molar-refractivity contribution >= 4 is 28.2 Å². The molecular formula is C21H16F5N5. The number of nitrogen functional groups attached to an aromatic ring is 1. The lowest BCUT2D eigenvalue weighted by Crippen LogP contribution is -2.07. The highest BCUT2D eigenvalue weighted by Gasteiger charge is 2.30. The molecular weight excluding hydrogens is 417 g/mol. The maximum absolute atomic E-state index is 13.9. The molecule has 0 atom stereocenters. The highest BCUT2D eigenvalue weighted by atomic mass is 19.4. The van der Waals surface area contributed by atoms with E-state index in [1.54, 1.807) is 10.6 Å². The van der Waals surface area contributed by atoms with E-state index in [4.69, 9.17) is 5.73 Å². The van der Waals surface area contributed by atoms with Crippen LogP contribution in [0.25, 0.3) is 16.9 Å². The van der Waals surface area contributed by atoms with Crippen LogP contribution < -0.4 is 11.1 Å². The molecule has 2 aromatic carbocycles. The number of pyridine rings is 1. The van der Waals surface area contributed by atoms with Crippen molar-refractivity contribution in [1.82, 2.24) is 14.5 Å². The fourth-order valence-electron chi connectivity index (χ4n) is 3.22. The Morgan fingerprint density at radius 2 is 1.65 bits per heavy atom. The second-order valence-electron chi connectivity index (χ2n) is 6.82. The molecule has 4 aromatic rings. The number of fused-ring (bicyclic) bond motifs is 1. The zero-order valence-corrected chi connectivity index (χ0v) is 16.1. The molecule has 4 rings (SSSR count). The average molecular weight is 433 g/mol. The first-order chi connectivity index (χ1) is 14.7. The van der Waals surface area contributed by atoms with E-state index >= 15 is 0 Å². The van der Waals surface area contributed by atoms with Gasteiger partial charge in [0.25, 0.3) is 0 Å². The van der Waals surface area contributed by atoms with Crippen molar-refractivity contribution in [3.8, 4) is 5.82 Å². The number of aromatic nitrogens is 3.